The summed E-state index contributed by atoms with van der Waals surface area (Å²) < 4.78 is 47.6. The van der Waals surface area contributed by atoms with Gasteiger partial charge in [0.2, 0.25) is 5.95 Å². The van der Waals surface area contributed by atoms with Crippen LogP contribution in [0.25, 0.3) is 10.6 Å². The maximum Gasteiger partial charge on any atom is 0.420 e. The fraction of sp³-hybridized carbons (Fsp3) is 0.464. The third-order valence-corrected chi connectivity index (χ3v) is 10.5. The lowest BCUT2D eigenvalue weighted by Crippen LogP contribution is -2.52. The minimum atomic E-state index is -4.65. The summed E-state index contributed by atoms with van der Waals surface area (Å²) in [6, 6.07) is 8.84. The molecule has 13 heteroatoms. The van der Waals surface area contributed by atoms with Crippen LogP contribution in [0.5, 0.6) is 0 Å². The highest BCUT2D eigenvalue weighted by molar-refractivity contribution is 7.99. The van der Waals surface area contributed by atoms with Crippen LogP contribution in [0.15, 0.2) is 35.4 Å². The fourth-order valence-electron chi connectivity index (χ4n) is 5.99. The number of carbonyl (C=O) groups is 1. The molecule has 3 saturated heterocycles. The number of benzene rings is 1. The van der Waals surface area contributed by atoms with Crippen LogP contribution in [0.3, 0.4) is 0 Å². The van der Waals surface area contributed by atoms with Crippen molar-refractivity contribution >= 4 is 46.3 Å². The van der Waals surface area contributed by atoms with Gasteiger partial charge in [-0.3, -0.25) is 4.79 Å². The molecule has 3 fully saturated rings. The molecule has 1 amide bonds. The van der Waals surface area contributed by atoms with Gasteiger partial charge < -0.3 is 25.2 Å². The average Bonchev–Trinajstić information content (AvgIpc) is 3.65. The van der Waals surface area contributed by atoms with Crippen LogP contribution in [0, 0.1) is 0 Å². The van der Waals surface area contributed by atoms with E-state index < -0.39 is 11.7 Å². The highest BCUT2D eigenvalue weighted by Gasteiger charge is 2.39. The number of hydrogen-bond acceptors (Lipinski definition) is 9. The van der Waals surface area contributed by atoms with Crippen LogP contribution in [0.2, 0.25) is 0 Å². The predicted molar refractivity (Wildman–Crippen MR) is 153 cm³/mol. The second-order valence-corrected chi connectivity index (χ2v) is 13.0. The molecular formula is C28H29F3N6O2S2. The van der Waals surface area contributed by atoms with E-state index in [4.69, 9.17) is 4.74 Å². The average molecular weight is 603 g/mol. The molecule has 1 aromatic carbocycles. The number of carbonyl (C=O) groups excluding carboxylic acids is 1. The molecule has 4 aliphatic heterocycles. The Bertz CT molecular complexity index is 1490. The van der Waals surface area contributed by atoms with Gasteiger partial charge in [0.25, 0.3) is 5.91 Å². The van der Waals surface area contributed by atoms with Gasteiger partial charge in [-0.2, -0.15) is 13.2 Å². The number of halogens is 3. The molecular weight excluding hydrogens is 573 g/mol. The van der Waals surface area contributed by atoms with Gasteiger partial charge in [-0.15, -0.1) is 23.1 Å². The molecule has 0 saturated carbocycles. The van der Waals surface area contributed by atoms with E-state index in [-0.39, 0.29) is 23.6 Å². The van der Waals surface area contributed by atoms with E-state index in [1.165, 1.54) is 11.8 Å². The Morgan fingerprint density at radius 3 is 2.73 bits per heavy atom. The molecule has 0 spiro atoms. The summed E-state index contributed by atoms with van der Waals surface area (Å²) in [6.45, 7) is 5.56. The van der Waals surface area contributed by atoms with E-state index in [0.717, 1.165) is 60.4 Å². The normalized spacial score (nSPS) is 22.6. The lowest BCUT2D eigenvalue weighted by atomic mass is 10.1. The van der Waals surface area contributed by atoms with Gasteiger partial charge in [0, 0.05) is 59.9 Å². The van der Waals surface area contributed by atoms with E-state index in [1.54, 1.807) is 11.0 Å². The first-order chi connectivity index (χ1) is 19.8. The summed E-state index contributed by atoms with van der Waals surface area (Å²) >= 11 is 2.54. The number of amides is 1. The van der Waals surface area contributed by atoms with Crippen molar-refractivity contribution in [2.24, 2.45) is 0 Å². The van der Waals surface area contributed by atoms with Crippen molar-refractivity contribution in [2.45, 2.75) is 49.0 Å². The number of alkyl halides is 3. The molecule has 0 aliphatic carbocycles. The first-order valence-electron chi connectivity index (χ1n) is 13.8. The van der Waals surface area contributed by atoms with Gasteiger partial charge in [0.1, 0.15) is 10.4 Å². The minimum absolute atomic E-state index is 0.0108. The fourth-order valence-corrected chi connectivity index (χ4v) is 8.31. The second-order valence-electron chi connectivity index (χ2n) is 10.8. The van der Waals surface area contributed by atoms with Crippen molar-refractivity contribution in [3.8, 4) is 10.6 Å². The van der Waals surface area contributed by atoms with Crippen LogP contribution in [0.4, 0.5) is 30.5 Å². The molecule has 6 heterocycles. The summed E-state index contributed by atoms with van der Waals surface area (Å²) in [5, 5.41) is 6.69. The predicted octanol–water partition coefficient (Wildman–Crippen LogP) is 5.03. The Kier molecular flexibility index (Phi) is 6.87. The van der Waals surface area contributed by atoms with Crippen molar-refractivity contribution in [1.29, 1.82) is 0 Å². The lowest BCUT2D eigenvalue weighted by Gasteiger charge is -2.36. The topological polar surface area (TPSA) is 82.6 Å². The number of anilines is 3. The number of hydrogen-bond donors (Lipinski definition) is 2. The Hall–Kier alpha value is -2.87. The standard InChI is InChI=1S/C28H29F3N6O2S2/c1-2-15-7-17(37-12-16-8-18(37)10-32-16)3-4-21(15)34-27-33-11-20(28(29,30)31)24(35-27)22-9-23-25(41-22)26(38)36(5-6-40-23)19-13-39-14-19/h3-4,7,9,11,16,18-19,32H,2,5-6,8,10,12-14H2,1H3,(H,33,34,35)/t16-,18-/m1/s1. The summed E-state index contributed by atoms with van der Waals surface area (Å²) in [6.07, 6.45) is -1.94. The Morgan fingerprint density at radius 1 is 1.20 bits per heavy atom. The van der Waals surface area contributed by atoms with Crippen molar-refractivity contribution in [3.05, 3.63) is 46.5 Å². The van der Waals surface area contributed by atoms with Crippen LogP contribution >= 0.6 is 23.1 Å². The summed E-state index contributed by atoms with van der Waals surface area (Å²) in [5.41, 5.74) is 1.80. The second kappa shape index (κ2) is 10.4. The zero-order valence-corrected chi connectivity index (χ0v) is 24.0. The first kappa shape index (κ1) is 27.0. The number of nitrogens with one attached hydrogen (secondary N) is 2. The quantitative estimate of drug-likeness (QED) is 0.407. The van der Waals surface area contributed by atoms with Crippen LogP contribution in [-0.4, -0.2) is 77.5 Å². The number of thiophene rings is 1. The van der Waals surface area contributed by atoms with Crippen LogP contribution < -0.4 is 15.5 Å². The van der Waals surface area contributed by atoms with Gasteiger partial charge >= 0.3 is 6.18 Å². The monoisotopic (exact) mass is 602 g/mol. The number of ether oxygens (including phenoxy) is 1. The van der Waals surface area contributed by atoms with E-state index >= 15 is 0 Å². The van der Waals surface area contributed by atoms with Crippen LogP contribution in [0.1, 0.15) is 34.1 Å². The number of piperazine rings is 1. The highest BCUT2D eigenvalue weighted by atomic mass is 32.2. The third-order valence-electron chi connectivity index (χ3n) is 8.24. The van der Waals surface area contributed by atoms with E-state index in [2.05, 4.69) is 31.6 Å². The molecule has 2 bridgehead atoms. The van der Waals surface area contributed by atoms with Crippen molar-refractivity contribution in [3.63, 3.8) is 0 Å². The zero-order chi connectivity index (χ0) is 28.3. The van der Waals surface area contributed by atoms with E-state index in [9.17, 15) is 18.0 Å². The molecule has 4 aliphatic rings. The number of thioether (sulfide) groups is 1. The molecule has 2 aromatic heterocycles. The van der Waals surface area contributed by atoms with Gasteiger partial charge in [0.05, 0.1) is 29.8 Å². The van der Waals surface area contributed by atoms with Gasteiger partial charge in [-0.05, 0) is 42.7 Å². The molecule has 0 unspecified atom stereocenters. The van der Waals surface area contributed by atoms with Crippen LogP contribution in [-0.2, 0) is 17.3 Å². The lowest BCUT2D eigenvalue weighted by molar-refractivity contribution is -0.137. The number of aryl methyl sites for hydroxylation is 1. The number of aromatic nitrogens is 2. The number of rotatable bonds is 6. The molecule has 7 rings (SSSR count). The number of nitrogens with zero attached hydrogens (tertiary/aromatic N) is 4. The van der Waals surface area contributed by atoms with E-state index in [1.807, 2.05) is 19.1 Å². The summed E-state index contributed by atoms with van der Waals surface area (Å²) in [4.78, 5) is 27.4. The maximum absolute atomic E-state index is 14.1. The number of fused-ring (bicyclic) bond motifs is 3. The smallest absolute Gasteiger partial charge is 0.377 e. The maximum atomic E-state index is 14.1. The van der Waals surface area contributed by atoms with Gasteiger partial charge in [0.15, 0.2) is 0 Å². The minimum Gasteiger partial charge on any atom is -0.377 e. The Morgan fingerprint density at radius 2 is 2.05 bits per heavy atom. The molecule has 0 radical (unpaired) electrons. The molecule has 41 heavy (non-hydrogen) atoms. The SMILES string of the molecule is CCc1cc(N2C[C@H]3C[C@@H]2CN3)ccc1Nc1ncc(C(F)(F)F)c(-c2cc3c(s2)C(=O)N(C2COC2)CCS3)n1. The molecule has 2 atom stereocenters. The molecule has 3 aromatic rings. The zero-order valence-electron chi connectivity index (χ0n) is 22.3. The molecule has 2 N–H and O–H groups in total. The van der Waals surface area contributed by atoms with Gasteiger partial charge in [-0.25, -0.2) is 9.97 Å². The molecule has 216 valence electrons. The van der Waals surface area contributed by atoms with Gasteiger partial charge in [-0.1, -0.05) is 6.92 Å². The summed E-state index contributed by atoms with van der Waals surface area (Å²) in [7, 11) is 0. The Balaban J connectivity index is 1.20. The Labute approximate surface area is 243 Å². The van der Waals surface area contributed by atoms with E-state index in [0.29, 0.717) is 52.2 Å². The first-order valence-corrected chi connectivity index (χ1v) is 15.6. The molecule has 8 nitrogen and oxygen atoms in total. The van der Waals surface area contributed by atoms with Crippen molar-refractivity contribution < 1.29 is 22.7 Å². The highest BCUT2D eigenvalue weighted by Crippen LogP contribution is 2.44. The summed E-state index contributed by atoms with van der Waals surface area (Å²) in [5.74, 6) is 0.583. The largest absolute Gasteiger partial charge is 0.420 e. The van der Waals surface area contributed by atoms with Crippen molar-refractivity contribution in [2.75, 3.05) is 48.8 Å². The third kappa shape index (κ3) is 4.96. The van der Waals surface area contributed by atoms with Crippen molar-refractivity contribution in [1.82, 2.24) is 20.2 Å².